The monoisotopic (exact) mass is 508 g/mol. The Kier molecular flexibility index (Phi) is 6.72. The van der Waals surface area contributed by atoms with E-state index in [4.69, 9.17) is 0 Å². The van der Waals surface area contributed by atoms with E-state index in [-0.39, 0.29) is 18.1 Å². The average molecular weight is 508 g/mol. The quantitative estimate of drug-likeness (QED) is 0.501. The van der Waals surface area contributed by atoms with Crippen LogP contribution in [0.4, 0.5) is 27.8 Å². The van der Waals surface area contributed by atoms with Gasteiger partial charge in [-0.3, -0.25) is 9.48 Å². The molecule has 12 heteroatoms. The number of likely N-dealkylation sites (tertiary alicyclic amines) is 1. The molecule has 2 aromatic heterocycles. The smallest absolute Gasteiger partial charge is 0.367 e. The Morgan fingerprint density at radius 1 is 1.17 bits per heavy atom. The largest absolute Gasteiger partial charge is 0.434 e. The summed E-state index contributed by atoms with van der Waals surface area (Å²) in [7, 11) is 1.64. The van der Waals surface area contributed by atoms with Crippen LogP contribution in [-0.4, -0.2) is 55.6 Å². The number of anilines is 1. The highest BCUT2D eigenvalue weighted by Crippen LogP contribution is 2.36. The summed E-state index contributed by atoms with van der Waals surface area (Å²) in [6, 6.07) is 6.74. The topological polar surface area (TPSA) is 75.9 Å². The minimum absolute atomic E-state index is 0.00424. The second-order valence-electron chi connectivity index (χ2n) is 9.13. The lowest BCUT2D eigenvalue weighted by Crippen LogP contribution is -2.57. The van der Waals surface area contributed by atoms with Gasteiger partial charge in [-0.1, -0.05) is 36.8 Å². The van der Waals surface area contributed by atoms with E-state index in [0.29, 0.717) is 11.8 Å². The zero-order chi connectivity index (χ0) is 26.3. The first-order chi connectivity index (χ1) is 16.8. The fourth-order valence-corrected chi connectivity index (χ4v) is 4.38. The summed E-state index contributed by atoms with van der Waals surface area (Å²) in [6.07, 6.45) is -1.89. The molecule has 7 nitrogen and oxygen atoms in total. The molecule has 1 aromatic carbocycles. The second-order valence-corrected chi connectivity index (χ2v) is 9.13. The maximum absolute atomic E-state index is 14.6. The minimum Gasteiger partial charge on any atom is -0.367 e. The highest BCUT2D eigenvalue weighted by molar-refractivity contribution is 5.99. The maximum Gasteiger partial charge on any atom is 0.434 e. The number of hydrogen-bond acceptors (Lipinski definition) is 5. The SMILES string of the molecule is Cc1ccc(-c2cn(C)nc2C(=O)N2CC(F)(F)CC(C)C2CNc2cnc(C(F)(F)F)cn2)cc1. The fraction of sp³-hybridized carbons (Fsp3) is 0.417. The number of piperidine rings is 1. The summed E-state index contributed by atoms with van der Waals surface area (Å²) in [6.45, 7) is 2.73. The minimum atomic E-state index is -4.63. The van der Waals surface area contributed by atoms with Crippen molar-refractivity contribution in [2.24, 2.45) is 13.0 Å². The predicted octanol–water partition coefficient (Wildman–Crippen LogP) is 4.80. The van der Waals surface area contributed by atoms with Crippen LogP contribution in [0.3, 0.4) is 0 Å². The molecule has 192 valence electrons. The van der Waals surface area contributed by atoms with Crippen LogP contribution in [0.2, 0.25) is 0 Å². The number of aryl methyl sites for hydroxylation is 2. The number of carbonyl (C=O) groups excluding carboxylic acids is 1. The number of benzene rings is 1. The number of aromatic nitrogens is 4. The first-order valence-electron chi connectivity index (χ1n) is 11.3. The maximum atomic E-state index is 14.6. The van der Waals surface area contributed by atoms with Gasteiger partial charge in [0, 0.05) is 31.8 Å². The third-order valence-electron chi connectivity index (χ3n) is 6.17. The molecule has 36 heavy (non-hydrogen) atoms. The molecule has 1 N–H and O–H groups in total. The Hall–Kier alpha value is -3.57. The van der Waals surface area contributed by atoms with Crippen LogP contribution in [0.5, 0.6) is 0 Å². The molecule has 1 fully saturated rings. The molecule has 2 atom stereocenters. The summed E-state index contributed by atoms with van der Waals surface area (Å²) >= 11 is 0. The molecule has 2 unspecified atom stereocenters. The number of halogens is 5. The molecule has 1 amide bonds. The van der Waals surface area contributed by atoms with E-state index >= 15 is 0 Å². The molecule has 0 spiro atoms. The summed E-state index contributed by atoms with van der Waals surface area (Å²) in [5, 5.41) is 7.11. The predicted molar refractivity (Wildman–Crippen MR) is 122 cm³/mol. The Labute approximate surface area is 204 Å². The molecule has 0 radical (unpaired) electrons. The van der Waals surface area contributed by atoms with Gasteiger partial charge in [-0.15, -0.1) is 0 Å². The standard InChI is InChI=1S/C24H25F5N6O/c1-14-4-6-16(7-5-14)17-12-34(3)33-21(17)22(36)35-13-23(25,26)8-15(2)18(35)9-31-20-11-30-19(10-32-20)24(27,28)29/h4-7,10-12,15,18H,8-9,13H2,1-3H3,(H,31,32). The first kappa shape index (κ1) is 25.5. The van der Waals surface area contributed by atoms with E-state index in [1.807, 2.05) is 31.2 Å². The van der Waals surface area contributed by atoms with Crippen molar-refractivity contribution < 1.29 is 26.7 Å². The van der Waals surface area contributed by atoms with Gasteiger partial charge < -0.3 is 10.2 Å². The van der Waals surface area contributed by atoms with Crippen molar-refractivity contribution in [3.8, 4) is 11.1 Å². The summed E-state index contributed by atoms with van der Waals surface area (Å²) < 4.78 is 68.9. The molecule has 0 saturated carbocycles. The molecule has 1 saturated heterocycles. The number of nitrogens with one attached hydrogen (secondary N) is 1. The van der Waals surface area contributed by atoms with Crippen LogP contribution in [0.15, 0.2) is 42.9 Å². The van der Waals surface area contributed by atoms with Crippen molar-refractivity contribution in [3.05, 3.63) is 59.8 Å². The van der Waals surface area contributed by atoms with E-state index in [0.717, 1.165) is 22.2 Å². The Morgan fingerprint density at radius 3 is 2.47 bits per heavy atom. The van der Waals surface area contributed by atoms with Gasteiger partial charge in [0.05, 0.1) is 25.0 Å². The zero-order valence-electron chi connectivity index (χ0n) is 19.9. The first-order valence-corrected chi connectivity index (χ1v) is 11.3. The lowest BCUT2D eigenvalue weighted by molar-refractivity contribution is -0.141. The highest BCUT2D eigenvalue weighted by atomic mass is 19.4. The Bertz CT molecular complexity index is 1220. The molecule has 4 rings (SSSR count). The Balaban J connectivity index is 1.60. The van der Waals surface area contributed by atoms with Crippen molar-refractivity contribution in [1.82, 2.24) is 24.6 Å². The van der Waals surface area contributed by atoms with Crippen molar-refractivity contribution in [2.75, 3.05) is 18.4 Å². The molecule has 3 heterocycles. The van der Waals surface area contributed by atoms with Crippen molar-refractivity contribution in [2.45, 2.75) is 38.4 Å². The summed E-state index contributed by atoms with van der Waals surface area (Å²) in [5.41, 5.74) is 1.17. The van der Waals surface area contributed by atoms with Gasteiger partial charge in [0.1, 0.15) is 5.82 Å². The van der Waals surface area contributed by atoms with E-state index in [1.165, 1.54) is 4.68 Å². The van der Waals surface area contributed by atoms with Gasteiger partial charge in [-0.05, 0) is 18.4 Å². The lowest BCUT2D eigenvalue weighted by Gasteiger charge is -2.43. The third kappa shape index (κ3) is 5.47. The van der Waals surface area contributed by atoms with Gasteiger partial charge in [0.15, 0.2) is 11.4 Å². The van der Waals surface area contributed by atoms with Gasteiger partial charge in [-0.2, -0.15) is 18.3 Å². The van der Waals surface area contributed by atoms with Crippen molar-refractivity contribution >= 4 is 11.7 Å². The van der Waals surface area contributed by atoms with Crippen molar-refractivity contribution in [1.29, 1.82) is 0 Å². The number of rotatable bonds is 5. The molecular weight excluding hydrogens is 483 g/mol. The van der Waals surface area contributed by atoms with E-state index < -0.39 is 48.6 Å². The van der Waals surface area contributed by atoms with E-state index in [1.54, 1.807) is 20.2 Å². The number of alkyl halides is 5. The van der Waals surface area contributed by atoms with Gasteiger partial charge in [0.25, 0.3) is 11.8 Å². The van der Waals surface area contributed by atoms with Gasteiger partial charge >= 0.3 is 6.18 Å². The van der Waals surface area contributed by atoms with Crippen LogP contribution in [0, 0.1) is 12.8 Å². The second kappa shape index (κ2) is 9.47. The highest BCUT2D eigenvalue weighted by Gasteiger charge is 2.46. The van der Waals surface area contributed by atoms with Crippen LogP contribution in [-0.2, 0) is 13.2 Å². The van der Waals surface area contributed by atoms with Crippen LogP contribution >= 0.6 is 0 Å². The van der Waals surface area contributed by atoms with Gasteiger partial charge in [-0.25, -0.2) is 18.7 Å². The lowest BCUT2D eigenvalue weighted by atomic mass is 9.88. The molecular formula is C24H25F5N6O. The van der Waals surface area contributed by atoms with Crippen molar-refractivity contribution in [3.63, 3.8) is 0 Å². The molecule has 1 aliphatic rings. The Morgan fingerprint density at radius 2 is 1.86 bits per heavy atom. The summed E-state index contributed by atoms with van der Waals surface area (Å²) in [4.78, 5) is 21.8. The van der Waals surface area contributed by atoms with E-state index in [9.17, 15) is 26.7 Å². The fourth-order valence-electron chi connectivity index (χ4n) is 4.38. The molecule has 0 bridgehead atoms. The number of hydrogen-bond donors (Lipinski definition) is 1. The van der Waals surface area contributed by atoms with Crippen LogP contribution in [0.1, 0.15) is 35.1 Å². The van der Waals surface area contributed by atoms with E-state index in [2.05, 4.69) is 20.4 Å². The number of nitrogens with zero attached hydrogens (tertiary/aromatic N) is 5. The number of carbonyl (C=O) groups is 1. The summed E-state index contributed by atoms with van der Waals surface area (Å²) in [5.74, 6) is -4.32. The van der Waals surface area contributed by atoms with Crippen LogP contribution < -0.4 is 5.32 Å². The average Bonchev–Trinajstić information content (AvgIpc) is 3.19. The number of amides is 1. The van der Waals surface area contributed by atoms with Crippen LogP contribution in [0.25, 0.3) is 11.1 Å². The molecule has 0 aliphatic carbocycles. The molecule has 1 aliphatic heterocycles. The zero-order valence-corrected chi connectivity index (χ0v) is 19.9. The third-order valence-corrected chi connectivity index (χ3v) is 6.17. The van der Waals surface area contributed by atoms with Gasteiger partial charge in [0.2, 0.25) is 0 Å². The normalized spacial score (nSPS) is 19.8. The molecule has 3 aromatic rings.